The number of hydrogen-bond acceptors (Lipinski definition) is 4. The Morgan fingerprint density at radius 3 is 3.18 bits per heavy atom. The molecule has 1 N–H and O–H groups in total. The summed E-state index contributed by atoms with van der Waals surface area (Å²) in [6.07, 6.45) is 4.44. The summed E-state index contributed by atoms with van der Waals surface area (Å²) in [5, 5.41) is 4.30. The van der Waals surface area contributed by atoms with Crippen molar-refractivity contribution in [1.29, 1.82) is 0 Å². The number of para-hydroxylation sites is 1. The molecule has 88 valence electrons. The first-order valence-corrected chi connectivity index (χ1v) is 5.99. The van der Waals surface area contributed by atoms with Crippen molar-refractivity contribution < 1.29 is 4.74 Å². The van der Waals surface area contributed by atoms with Crippen molar-refractivity contribution in [3.8, 4) is 0 Å². The highest BCUT2D eigenvalue weighted by molar-refractivity contribution is 5.78. The monoisotopic (exact) mass is 229 g/mol. The summed E-state index contributed by atoms with van der Waals surface area (Å²) in [5.41, 5.74) is 0.970. The summed E-state index contributed by atoms with van der Waals surface area (Å²) in [6, 6.07) is 7.98. The van der Waals surface area contributed by atoms with E-state index in [9.17, 15) is 0 Å². The maximum absolute atomic E-state index is 5.54. The zero-order valence-corrected chi connectivity index (χ0v) is 9.60. The van der Waals surface area contributed by atoms with Crippen molar-refractivity contribution in [2.75, 3.05) is 18.5 Å². The van der Waals surface area contributed by atoms with Gasteiger partial charge in [0.05, 0.1) is 11.6 Å². The third-order valence-electron chi connectivity index (χ3n) is 3.00. The number of nitrogens with one attached hydrogen (secondary N) is 1. The topological polar surface area (TPSA) is 47.0 Å². The maximum Gasteiger partial charge on any atom is 0.223 e. The van der Waals surface area contributed by atoms with Crippen molar-refractivity contribution in [1.82, 2.24) is 9.97 Å². The molecule has 2 aromatic rings. The van der Waals surface area contributed by atoms with E-state index in [1.807, 2.05) is 30.5 Å². The van der Waals surface area contributed by atoms with E-state index in [-0.39, 0.29) is 0 Å². The Labute approximate surface area is 100 Å². The number of fused-ring (bicyclic) bond motifs is 1. The van der Waals surface area contributed by atoms with Crippen LogP contribution < -0.4 is 5.32 Å². The Balaban J connectivity index is 1.72. The largest absolute Gasteiger partial charge is 0.376 e. The Bertz CT molecular complexity index is 509. The average molecular weight is 229 g/mol. The molecule has 4 nitrogen and oxygen atoms in total. The van der Waals surface area contributed by atoms with Crippen molar-refractivity contribution in [2.24, 2.45) is 0 Å². The standard InChI is InChI=1S/C13H15N3O/c1-2-6-12-10(4-1)8-14-13(16-12)15-9-11-5-3-7-17-11/h1-2,4,6,8,11H,3,5,7,9H2,(H,14,15,16). The third-order valence-corrected chi connectivity index (χ3v) is 3.00. The van der Waals surface area contributed by atoms with Gasteiger partial charge >= 0.3 is 0 Å². The van der Waals surface area contributed by atoms with Gasteiger partial charge in [0.2, 0.25) is 5.95 Å². The van der Waals surface area contributed by atoms with Crippen LogP contribution in [0.25, 0.3) is 10.9 Å². The quantitative estimate of drug-likeness (QED) is 0.876. The van der Waals surface area contributed by atoms with Gasteiger partial charge < -0.3 is 10.1 Å². The molecule has 0 bridgehead atoms. The molecule has 4 heteroatoms. The fraction of sp³-hybridized carbons (Fsp3) is 0.385. The Morgan fingerprint density at radius 1 is 1.35 bits per heavy atom. The molecule has 0 saturated carbocycles. The highest BCUT2D eigenvalue weighted by atomic mass is 16.5. The Hall–Kier alpha value is -1.68. The molecule has 17 heavy (non-hydrogen) atoms. The van der Waals surface area contributed by atoms with Gasteiger partial charge in [-0.25, -0.2) is 9.97 Å². The Kier molecular flexibility index (Phi) is 2.88. The van der Waals surface area contributed by atoms with Crippen molar-refractivity contribution in [3.05, 3.63) is 30.5 Å². The van der Waals surface area contributed by atoms with E-state index in [1.54, 1.807) is 0 Å². The minimum absolute atomic E-state index is 0.310. The number of anilines is 1. The Morgan fingerprint density at radius 2 is 2.29 bits per heavy atom. The summed E-state index contributed by atoms with van der Waals surface area (Å²) in [6.45, 7) is 1.67. The summed E-state index contributed by atoms with van der Waals surface area (Å²) in [5.74, 6) is 0.680. The van der Waals surface area contributed by atoms with E-state index in [0.29, 0.717) is 12.1 Å². The van der Waals surface area contributed by atoms with Crippen LogP contribution in [-0.2, 0) is 4.74 Å². The lowest BCUT2D eigenvalue weighted by atomic mass is 10.2. The lowest BCUT2D eigenvalue weighted by Gasteiger charge is -2.10. The number of rotatable bonds is 3. The van der Waals surface area contributed by atoms with E-state index in [2.05, 4.69) is 15.3 Å². The van der Waals surface area contributed by atoms with Gasteiger partial charge in [-0.1, -0.05) is 18.2 Å². The van der Waals surface area contributed by atoms with E-state index in [0.717, 1.165) is 36.9 Å². The van der Waals surface area contributed by atoms with Crippen LogP contribution in [0.2, 0.25) is 0 Å². The molecule has 1 aromatic carbocycles. The lowest BCUT2D eigenvalue weighted by molar-refractivity contribution is 0.120. The van der Waals surface area contributed by atoms with E-state index < -0.39 is 0 Å². The molecule has 1 unspecified atom stereocenters. The molecule has 0 spiro atoms. The highest BCUT2D eigenvalue weighted by Crippen LogP contribution is 2.14. The summed E-state index contributed by atoms with van der Waals surface area (Å²) in [7, 11) is 0. The predicted molar refractivity (Wildman–Crippen MR) is 67.0 cm³/mol. The number of hydrogen-bond donors (Lipinski definition) is 1. The molecule has 2 heterocycles. The average Bonchev–Trinajstić information content (AvgIpc) is 2.89. The van der Waals surface area contributed by atoms with Gasteiger partial charge in [-0.3, -0.25) is 0 Å². The summed E-state index contributed by atoms with van der Waals surface area (Å²) >= 11 is 0. The van der Waals surface area contributed by atoms with E-state index in [1.165, 1.54) is 0 Å². The van der Waals surface area contributed by atoms with E-state index in [4.69, 9.17) is 4.74 Å². The van der Waals surface area contributed by atoms with Crippen LogP contribution >= 0.6 is 0 Å². The van der Waals surface area contributed by atoms with Gasteiger partial charge in [0.15, 0.2) is 0 Å². The molecule has 1 fully saturated rings. The van der Waals surface area contributed by atoms with Gasteiger partial charge in [-0.15, -0.1) is 0 Å². The van der Waals surface area contributed by atoms with Crippen LogP contribution in [0.15, 0.2) is 30.5 Å². The molecule has 0 amide bonds. The van der Waals surface area contributed by atoms with Crippen molar-refractivity contribution in [3.63, 3.8) is 0 Å². The van der Waals surface area contributed by atoms with Crippen LogP contribution in [0.4, 0.5) is 5.95 Å². The zero-order valence-electron chi connectivity index (χ0n) is 9.60. The van der Waals surface area contributed by atoms with E-state index >= 15 is 0 Å². The molecular weight excluding hydrogens is 214 g/mol. The van der Waals surface area contributed by atoms with Crippen LogP contribution in [-0.4, -0.2) is 29.2 Å². The van der Waals surface area contributed by atoms with Crippen LogP contribution in [0.3, 0.4) is 0 Å². The minimum Gasteiger partial charge on any atom is -0.376 e. The molecule has 1 aliphatic rings. The first-order valence-electron chi connectivity index (χ1n) is 5.99. The molecule has 1 aromatic heterocycles. The molecule has 1 atom stereocenters. The molecule has 1 saturated heterocycles. The zero-order chi connectivity index (χ0) is 11.5. The second-order valence-corrected chi connectivity index (χ2v) is 4.27. The highest BCUT2D eigenvalue weighted by Gasteiger charge is 2.15. The maximum atomic E-state index is 5.54. The number of aromatic nitrogens is 2. The normalized spacial score (nSPS) is 19.6. The number of nitrogens with zero attached hydrogens (tertiary/aromatic N) is 2. The fourth-order valence-corrected chi connectivity index (χ4v) is 2.07. The molecule has 3 rings (SSSR count). The fourth-order valence-electron chi connectivity index (χ4n) is 2.07. The van der Waals surface area contributed by atoms with Gasteiger partial charge in [-0.2, -0.15) is 0 Å². The first kappa shape index (κ1) is 10.5. The van der Waals surface area contributed by atoms with Gasteiger partial charge in [0, 0.05) is 24.7 Å². The number of ether oxygens (including phenoxy) is 1. The van der Waals surface area contributed by atoms with Crippen molar-refractivity contribution >= 4 is 16.9 Å². The van der Waals surface area contributed by atoms with Crippen molar-refractivity contribution in [2.45, 2.75) is 18.9 Å². The number of benzene rings is 1. The molecule has 0 radical (unpaired) electrons. The minimum atomic E-state index is 0.310. The third kappa shape index (κ3) is 2.36. The van der Waals surface area contributed by atoms with Crippen LogP contribution in [0.1, 0.15) is 12.8 Å². The lowest BCUT2D eigenvalue weighted by Crippen LogP contribution is -2.19. The predicted octanol–water partition coefficient (Wildman–Crippen LogP) is 2.22. The second kappa shape index (κ2) is 4.67. The summed E-state index contributed by atoms with van der Waals surface area (Å²) < 4.78 is 5.54. The molecular formula is C13H15N3O. The van der Waals surface area contributed by atoms with Gasteiger partial charge in [-0.05, 0) is 18.9 Å². The first-order chi connectivity index (χ1) is 8.42. The van der Waals surface area contributed by atoms with Crippen LogP contribution in [0, 0.1) is 0 Å². The smallest absolute Gasteiger partial charge is 0.223 e. The molecule has 1 aliphatic heterocycles. The SMILES string of the molecule is c1ccc2nc(NCC3CCCO3)ncc2c1. The summed E-state index contributed by atoms with van der Waals surface area (Å²) in [4.78, 5) is 8.75. The molecule has 0 aliphatic carbocycles. The van der Waals surface area contributed by atoms with Gasteiger partial charge in [0.25, 0.3) is 0 Å². The van der Waals surface area contributed by atoms with Gasteiger partial charge in [0.1, 0.15) is 0 Å². The van der Waals surface area contributed by atoms with Crippen LogP contribution in [0.5, 0.6) is 0 Å². The second-order valence-electron chi connectivity index (χ2n) is 4.27.